The largest absolute Gasteiger partial charge is 0.480 e. The maximum absolute atomic E-state index is 12.5. The molecule has 3 nitrogen and oxygen atoms in total. The van der Waals surface area contributed by atoms with Crippen LogP contribution < -0.4 is 5.32 Å². The van der Waals surface area contributed by atoms with Crippen molar-refractivity contribution < 1.29 is 23.1 Å². The van der Waals surface area contributed by atoms with Crippen molar-refractivity contribution in [1.82, 2.24) is 5.32 Å². The van der Waals surface area contributed by atoms with Gasteiger partial charge in [0.15, 0.2) is 0 Å². The van der Waals surface area contributed by atoms with Crippen LogP contribution >= 0.6 is 0 Å². The van der Waals surface area contributed by atoms with Crippen molar-refractivity contribution in [2.75, 3.05) is 6.54 Å². The Morgan fingerprint density at radius 2 is 2.11 bits per heavy atom. The third-order valence-corrected chi connectivity index (χ3v) is 2.40. The normalized spacial score (nSPS) is 13.3. The number of nitrogens with one attached hydrogen (secondary N) is 1. The third-order valence-electron chi connectivity index (χ3n) is 2.40. The fraction of sp³-hybridized carbons (Fsp3) is 0.417. The molecule has 0 aromatic heterocycles. The summed E-state index contributed by atoms with van der Waals surface area (Å²) in [6, 6.07) is 4.83. The molecule has 1 aromatic carbocycles. The molecule has 1 atom stereocenters. The molecule has 0 spiro atoms. The van der Waals surface area contributed by atoms with E-state index < -0.39 is 17.7 Å². The van der Waals surface area contributed by atoms with Crippen LogP contribution in [0, 0.1) is 0 Å². The Balaban J connectivity index is 2.65. The van der Waals surface area contributed by atoms with Gasteiger partial charge in [0.05, 0.1) is 12.1 Å². The van der Waals surface area contributed by atoms with E-state index in [4.69, 9.17) is 5.11 Å². The van der Waals surface area contributed by atoms with Crippen molar-refractivity contribution in [3.8, 4) is 0 Å². The van der Waals surface area contributed by atoms with E-state index in [1.165, 1.54) is 6.07 Å². The molecule has 1 aromatic rings. The summed E-state index contributed by atoms with van der Waals surface area (Å²) in [6.07, 6.45) is -4.01. The molecule has 0 heterocycles. The van der Waals surface area contributed by atoms with Gasteiger partial charge in [-0.05, 0) is 25.0 Å². The minimum atomic E-state index is -4.35. The van der Waals surface area contributed by atoms with E-state index >= 15 is 0 Å². The molecule has 0 radical (unpaired) electrons. The van der Waals surface area contributed by atoms with E-state index in [0.717, 1.165) is 12.1 Å². The fourth-order valence-corrected chi connectivity index (χ4v) is 1.56. The maximum Gasteiger partial charge on any atom is 0.416 e. The van der Waals surface area contributed by atoms with Crippen LogP contribution in [0.1, 0.15) is 18.1 Å². The summed E-state index contributed by atoms with van der Waals surface area (Å²) in [7, 11) is 0. The molecule has 0 aliphatic heterocycles. The zero-order valence-corrected chi connectivity index (χ0v) is 9.79. The maximum atomic E-state index is 12.5. The van der Waals surface area contributed by atoms with Crippen LogP contribution in [-0.4, -0.2) is 23.7 Å². The third kappa shape index (κ3) is 4.75. The minimum absolute atomic E-state index is 0.204. The van der Waals surface area contributed by atoms with Gasteiger partial charge in [0.1, 0.15) is 0 Å². The van der Waals surface area contributed by atoms with E-state index in [2.05, 4.69) is 5.32 Å². The predicted octanol–water partition coefficient (Wildman–Crippen LogP) is 2.31. The first kappa shape index (κ1) is 14.5. The average molecular weight is 261 g/mol. The Hall–Kier alpha value is -1.56. The lowest BCUT2D eigenvalue weighted by atomic mass is 10.0. The van der Waals surface area contributed by atoms with Crippen molar-refractivity contribution >= 4 is 5.97 Å². The number of carboxylic acids is 1. The molecule has 6 heteroatoms. The number of benzene rings is 1. The summed E-state index contributed by atoms with van der Waals surface area (Å²) < 4.78 is 37.4. The van der Waals surface area contributed by atoms with E-state index in [1.54, 1.807) is 13.0 Å². The molecular weight excluding hydrogens is 247 g/mol. The second-order valence-electron chi connectivity index (χ2n) is 4.08. The second-order valence-corrected chi connectivity index (χ2v) is 4.08. The molecule has 1 unspecified atom stereocenters. The van der Waals surface area contributed by atoms with Crippen LogP contribution in [-0.2, 0) is 17.4 Å². The van der Waals surface area contributed by atoms with Gasteiger partial charge in [-0.3, -0.25) is 4.79 Å². The molecule has 1 rings (SSSR count). The van der Waals surface area contributed by atoms with Crippen LogP contribution in [0.25, 0.3) is 0 Å². The van der Waals surface area contributed by atoms with Crippen molar-refractivity contribution in [3.63, 3.8) is 0 Å². The number of halogens is 3. The van der Waals surface area contributed by atoms with Crippen LogP contribution in [0.4, 0.5) is 13.2 Å². The second kappa shape index (κ2) is 5.86. The molecule has 0 aliphatic carbocycles. The molecule has 100 valence electrons. The number of alkyl halides is 3. The lowest BCUT2D eigenvalue weighted by Gasteiger charge is -2.13. The Morgan fingerprint density at radius 3 is 2.67 bits per heavy atom. The SMILES string of the molecule is CC(Cc1cccc(C(F)(F)F)c1)NCC(=O)O. The summed E-state index contributed by atoms with van der Waals surface area (Å²) in [4.78, 5) is 10.3. The highest BCUT2D eigenvalue weighted by Gasteiger charge is 2.30. The van der Waals surface area contributed by atoms with Crippen molar-refractivity contribution in [2.24, 2.45) is 0 Å². The number of hydrogen-bond donors (Lipinski definition) is 2. The summed E-state index contributed by atoms with van der Waals surface area (Å²) >= 11 is 0. The summed E-state index contributed by atoms with van der Waals surface area (Å²) in [6.45, 7) is 1.52. The fourth-order valence-electron chi connectivity index (χ4n) is 1.56. The van der Waals surface area contributed by atoms with Gasteiger partial charge in [-0.2, -0.15) is 13.2 Å². The average Bonchev–Trinajstić information content (AvgIpc) is 2.25. The number of carbonyl (C=O) groups is 1. The molecule has 0 saturated carbocycles. The van der Waals surface area contributed by atoms with E-state index in [9.17, 15) is 18.0 Å². The highest BCUT2D eigenvalue weighted by molar-refractivity contribution is 5.69. The van der Waals surface area contributed by atoms with Crippen LogP contribution in [0.3, 0.4) is 0 Å². The minimum Gasteiger partial charge on any atom is -0.480 e. The quantitative estimate of drug-likeness (QED) is 0.855. The van der Waals surface area contributed by atoms with Gasteiger partial charge in [-0.25, -0.2) is 0 Å². The lowest BCUT2D eigenvalue weighted by molar-refractivity contribution is -0.138. The van der Waals surface area contributed by atoms with Gasteiger partial charge in [-0.15, -0.1) is 0 Å². The molecule has 0 amide bonds. The summed E-state index contributed by atoms with van der Waals surface area (Å²) in [5.41, 5.74) is -0.166. The van der Waals surface area contributed by atoms with Gasteiger partial charge >= 0.3 is 12.1 Å². The first-order valence-corrected chi connectivity index (χ1v) is 5.40. The van der Waals surface area contributed by atoms with Gasteiger partial charge in [0, 0.05) is 6.04 Å². The molecule has 0 aliphatic rings. The zero-order valence-electron chi connectivity index (χ0n) is 9.79. The van der Waals surface area contributed by atoms with E-state index in [1.807, 2.05) is 0 Å². The van der Waals surface area contributed by atoms with Crippen molar-refractivity contribution in [3.05, 3.63) is 35.4 Å². The molecule has 0 saturated heterocycles. The van der Waals surface area contributed by atoms with Crippen LogP contribution in [0.15, 0.2) is 24.3 Å². The number of hydrogen-bond acceptors (Lipinski definition) is 2. The first-order valence-electron chi connectivity index (χ1n) is 5.40. The predicted molar refractivity (Wildman–Crippen MR) is 60.2 cm³/mol. The topological polar surface area (TPSA) is 49.3 Å². The lowest BCUT2D eigenvalue weighted by Crippen LogP contribution is -2.32. The van der Waals surface area contributed by atoms with Crippen molar-refractivity contribution in [1.29, 1.82) is 0 Å². The van der Waals surface area contributed by atoms with E-state index in [0.29, 0.717) is 12.0 Å². The molecular formula is C12H14F3NO2. The van der Waals surface area contributed by atoms with Gasteiger partial charge in [-0.1, -0.05) is 18.2 Å². The summed E-state index contributed by atoms with van der Waals surface area (Å²) in [5.74, 6) is -0.995. The summed E-state index contributed by atoms with van der Waals surface area (Å²) in [5, 5.41) is 11.2. The Labute approximate surface area is 103 Å². The Bertz CT molecular complexity index is 418. The van der Waals surface area contributed by atoms with Crippen molar-refractivity contribution in [2.45, 2.75) is 25.6 Å². The number of aliphatic carboxylic acids is 1. The smallest absolute Gasteiger partial charge is 0.416 e. The zero-order chi connectivity index (χ0) is 13.8. The molecule has 0 bridgehead atoms. The van der Waals surface area contributed by atoms with Gasteiger partial charge in [0.25, 0.3) is 0 Å². The first-order chi connectivity index (χ1) is 8.29. The number of rotatable bonds is 5. The molecule has 0 fully saturated rings. The highest BCUT2D eigenvalue weighted by Crippen LogP contribution is 2.29. The number of carboxylic acid groups (broad SMARTS) is 1. The molecule has 2 N–H and O–H groups in total. The van der Waals surface area contributed by atoms with Gasteiger partial charge < -0.3 is 10.4 Å². The Morgan fingerprint density at radius 1 is 1.44 bits per heavy atom. The highest BCUT2D eigenvalue weighted by atomic mass is 19.4. The van der Waals surface area contributed by atoms with Crippen LogP contribution in [0.2, 0.25) is 0 Å². The monoisotopic (exact) mass is 261 g/mol. The van der Waals surface area contributed by atoms with E-state index in [-0.39, 0.29) is 12.6 Å². The van der Waals surface area contributed by atoms with Crippen LogP contribution in [0.5, 0.6) is 0 Å². The molecule has 18 heavy (non-hydrogen) atoms. The van der Waals surface area contributed by atoms with Gasteiger partial charge in [0.2, 0.25) is 0 Å². The Kier molecular flexibility index (Phi) is 4.72. The standard InChI is InChI=1S/C12H14F3NO2/c1-8(16-7-11(17)18)5-9-3-2-4-10(6-9)12(13,14)15/h2-4,6,8,16H,5,7H2,1H3,(H,17,18).